The van der Waals surface area contributed by atoms with Gasteiger partial charge >= 0.3 is 0 Å². The van der Waals surface area contributed by atoms with Crippen LogP contribution >= 0.6 is 0 Å². The second-order valence-corrected chi connectivity index (χ2v) is 7.71. The zero-order valence-corrected chi connectivity index (χ0v) is 10.5. The lowest BCUT2D eigenvalue weighted by Gasteiger charge is -2.29. The molecule has 0 aromatic heterocycles. The van der Waals surface area contributed by atoms with Crippen LogP contribution < -0.4 is 4.72 Å². The SMILES string of the molecule is CC(C)(C)S(=O)(=O)NC1CCC(O)CC1. The van der Waals surface area contributed by atoms with Gasteiger partial charge < -0.3 is 5.11 Å². The van der Waals surface area contributed by atoms with E-state index in [4.69, 9.17) is 0 Å². The van der Waals surface area contributed by atoms with E-state index in [1.807, 2.05) is 0 Å². The van der Waals surface area contributed by atoms with Gasteiger partial charge in [0.1, 0.15) is 0 Å². The third kappa shape index (κ3) is 3.43. The van der Waals surface area contributed by atoms with E-state index in [1.54, 1.807) is 20.8 Å². The van der Waals surface area contributed by atoms with Crippen molar-refractivity contribution in [3.05, 3.63) is 0 Å². The maximum absolute atomic E-state index is 11.8. The molecule has 0 unspecified atom stereocenters. The van der Waals surface area contributed by atoms with Crippen LogP contribution in [-0.4, -0.2) is 30.4 Å². The zero-order valence-electron chi connectivity index (χ0n) is 9.66. The summed E-state index contributed by atoms with van der Waals surface area (Å²) in [6.45, 7) is 5.06. The van der Waals surface area contributed by atoms with Gasteiger partial charge in [0.15, 0.2) is 0 Å². The Bertz CT molecular complexity index is 297. The molecule has 0 saturated heterocycles. The van der Waals surface area contributed by atoms with Crippen LogP contribution in [-0.2, 0) is 10.0 Å². The summed E-state index contributed by atoms with van der Waals surface area (Å²) < 4.78 is 25.6. The van der Waals surface area contributed by atoms with E-state index in [1.165, 1.54) is 0 Å². The molecule has 0 amide bonds. The van der Waals surface area contributed by atoms with Gasteiger partial charge in [0.05, 0.1) is 10.9 Å². The number of hydrogen-bond acceptors (Lipinski definition) is 3. The molecular weight excluding hydrogens is 214 g/mol. The van der Waals surface area contributed by atoms with Crippen molar-refractivity contribution in [1.29, 1.82) is 0 Å². The van der Waals surface area contributed by atoms with Crippen LogP contribution in [0.3, 0.4) is 0 Å². The van der Waals surface area contributed by atoms with Crippen molar-refractivity contribution in [2.24, 2.45) is 0 Å². The lowest BCUT2D eigenvalue weighted by atomic mass is 9.94. The lowest BCUT2D eigenvalue weighted by molar-refractivity contribution is 0.120. The largest absolute Gasteiger partial charge is 0.393 e. The molecule has 1 aliphatic rings. The van der Waals surface area contributed by atoms with Gasteiger partial charge in [-0.25, -0.2) is 13.1 Å². The van der Waals surface area contributed by atoms with Crippen LogP contribution in [0.5, 0.6) is 0 Å². The first-order chi connectivity index (χ1) is 6.72. The van der Waals surface area contributed by atoms with E-state index >= 15 is 0 Å². The zero-order chi connectivity index (χ0) is 11.7. The van der Waals surface area contributed by atoms with E-state index in [9.17, 15) is 13.5 Å². The molecule has 1 aliphatic carbocycles. The van der Waals surface area contributed by atoms with E-state index in [0.717, 1.165) is 12.8 Å². The van der Waals surface area contributed by atoms with E-state index in [2.05, 4.69) is 4.72 Å². The second-order valence-electron chi connectivity index (χ2n) is 5.24. The average Bonchev–Trinajstić information content (AvgIpc) is 2.06. The summed E-state index contributed by atoms with van der Waals surface area (Å²) in [6.07, 6.45) is 2.60. The highest BCUT2D eigenvalue weighted by molar-refractivity contribution is 7.90. The molecule has 15 heavy (non-hydrogen) atoms. The monoisotopic (exact) mass is 235 g/mol. The Balaban J connectivity index is 2.56. The number of rotatable bonds is 2. The molecule has 0 atom stereocenters. The van der Waals surface area contributed by atoms with E-state index in [-0.39, 0.29) is 12.1 Å². The fraction of sp³-hybridized carbons (Fsp3) is 1.00. The second kappa shape index (κ2) is 4.39. The van der Waals surface area contributed by atoms with Gasteiger partial charge in [-0.05, 0) is 46.5 Å². The van der Waals surface area contributed by atoms with Crippen molar-refractivity contribution in [3.63, 3.8) is 0 Å². The highest BCUT2D eigenvalue weighted by Crippen LogP contribution is 2.21. The molecule has 5 heteroatoms. The molecule has 1 rings (SSSR count). The minimum atomic E-state index is -3.25. The van der Waals surface area contributed by atoms with Gasteiger partial charge in [-0.2, -0.15) is 0 Å². The number of sulfonamides is 1. The van der Waals surface area contributed by atoms with Gasteiger partial charge in [-0.3, -0.25) is 0 Å². The fourth-order valence-corrected chi connectivity index (χ4v) is 2.62. The molecule has 0 aliphatic heterocycles. The molecule has 0 aromatic carbocycles. The third-order valence-corrected chi connectivity index (χ3v) is 5.08. The van der Waals surface area contributed by atoms with Crippen molar-refractivity contribution in [3.8, 4) is 0 Å². The van der Waals surface area contributed by atoms with Gasteiger partial charge in [0.25, 0.3) is 0 Å². The summed E-state index contributed by atoms with van der Waals surface area (Å²) in [6, 6.07) is -0.00220. The minimum Gasteiger partial charge on any atom is -0.393 e. The Hall–Kier alpha value is -0.130. The first-order valence-electron chi connectivity index (χ1n) is 5.42. The number of hydrogen-bond donors (Lipinski definition) is 2. The van der Waals surface area contributed by atoms with Crippen molar-refractivity contribution in [2.75, 3.05) is 0 Å². The van der Waals surface area contributed by atoms with E-state index in [0.29, 0.717) is 12.8 Å². The van der Waals surface area contributed by atoms with Crippen LogP contribution in [0, 0.1) is 0 Å². The maximum atomic E-state index is 11.8. The summed E-state index contributed by atoms with van der Waals surface area (Å²) in [7, 11) is -3.25. The quantitative estimate of drug-likeness (QED) is 0.750. The third-order valence-electron chi connectivity index (χ3n) is 2.82. The first kappa shape index (κ1) is 12.9. The topological polar surface area (TPSA) is 66.4 Å². The van der Waals surface area contributed by atoms with Crippen LogP contribution in [0.25, 0.3) is 0 Å². The molecule has 1 saturated carbocycles. The van der Waals surface area contributed by atoms with Crippen molar-refractivity contribution >= 4 is 10.0 Å². The predicted octanol–water partition coefficient (Wildman–Crippen LogP) is 1.01. The Morgan fingerprint density at radius 2 is 1.60 bits per heavy atom. The fourth-order valence-electron chi connectivity index (χ4n) is 1.59. The summed E-state index contributed by atoms with van der Waals surface area (Å²) >= 11 is 0. The summed E-state index contributed by atoms with van der Waals surface area (Å²) in [5.74, 6) is 0. The van der Waals surface area contributed by atoms with Crippen molar-refractivity contribution in [2.45, 2.75) is 63.3 Å². The van der Waals surface area contributed by atoms with Gasteiger partial charge in [0.2, 0.25) is 10.0 Å². The summed E-state index contributed by atoms with van der Waals surface area (Å²) in [4.78, 5) is 0. The van der Waals surface area contributed by atoms with Gasteiger partial charge in [-0.1, -0.05) is 0 Å². The number of aliphatic hydroxyl groups excluding tert-OH is 1. The van der Waals surface area contributed by atoms with Gasteiger partial charge in [0, 0.05) is 6.04 Å². The Morgan fingerprint density at radius 1 is 1.13 bits per heavy atom. The standard InChI is InChI=1S/C10H21NO3S/c1-10(2,3)15(13,14)11-8-4-6-9(12)7-5-8/h8-9,11-12H,4-7H2,1-3H3. The van der Waals surface area contributed by atoms with Crippen molar-refractivity contribution in [1.82, 2.24) is 4.72 Å². The average molecular weight is 235 g/mol. The molecular formula is C10H21NO3S. The van der Waals surface area contributed by atoms with Crippen molar-refractivity contribution < 1.29 is 13.5 Å². The summed E-state index contributed by atoms with van der Waals surface area (Å²) in [5, 5.41) is 9.31. The summed E-state index contributed by atoms with van der Waals surface area (Å²) in [5.41, 5.74) is 0. The number of aliphatic hydroxyl groups is 1. The van der Waals surface area contributed by atoms with Gasteiger partial charge in [-0.15, -0.1) is 0 Å². The predicted molar refractivity (Wildman–Crippen MR) is 60.1 cm³/mol. The smallest absolute Gasteiger partial charge is 0.216 e. The molecule has 0 spiro atoms. The molecule has 0 heterocycles. The molecule has 0 bridgehead atoms. The van der Waals surface area contributed by atoms with Crippen LogP contribution in [0.1, 0.15) is 46.5 Å². The minimum absolute atomic E-state index is 0.00220. The Morgan fingerprint density at radius 3 is 2.00 bits per heavy atom. The first-order valence-corrected chi connectivity index (χ1v) is 6.90. The van der Waals surface area contributed by atoms with Crippen LogP contribution in [0.2, 0.25) is 0 Å². The molecule has 4 nitrogen and oxygen atoms in total. The van der Waals surface area contributed by atoms with E-state index < -0.39 is 14.8 Å². The Kier molecular flexibility index (Phi) is 3.79. The molecule has 2 N–H and O–H groups in total. The molecule has 90 valence electrons. The number of nitrogens with one attached hydrogen (secondary N) is 1. The molecule has 0 aromatic rings. The normalized spacial score (nSPS) is 29.1. The van der Waals surface area contributed by atoms with Crippen LogP contribution in [0.15, 0.2) is 0 Å². The highest BCUT2D eigenvalue weighted by Gasteiger charge is 2.32. The lowest BCUT2D eigenvalue weighted by Crippen LogP contribution is -2.46. The molecule has 0 radical (unpaired) electrons. The van der Waals surface area contributed by atoms with Crippen LogP contribution in [0.4, 0.5) is 0 Å². The highest BCUT2D eigenvalue weighted by atomic mass is 32.2. The maximum Gasteiger partial charge on any atom is 0.216 e. The molecule has 1 fully saturated rings. The Labute approximate surface area is 92.1 Å².